The third-order valence-electron chi connectivity index (χ3n) is 2.91. The van der Waals surface area contributed by atoms with Gasteiger partial charge in [0.05, 0.1) is 32.5 Å². The molecule has 0 aliphatic carbocycles. The molecule has 0 spiro atoms. The van der Waals surface area contributed by atoms with Crippen LogP contribution in [0.25, 0.3) is 0 Å². The molecule has 0 aliphatic rings. The fourth-order valence-corrected chi connectivity index (χ4v) is 1.90. The van der Waals surface area contributed by atoms with E-state index in [9.17, 15) is 10.2 Å². The van der Waals surface area contributed by atoms with E-state index in [2.05, 4.69) is 0 Å². The molecule has 0 amide bonds. The molecule has 1 aromatic rings. The largest absolute Gasteiger partial charge is 0.496 e. The number of benzene rings is 1. The number of methoxy groups -OCH3 is 2. The molecule has 0 bridgehead atoms. The Labute approximate surface area is 112 Å². The Hall–Kier alpha value is -1.34. The molecule has 2 atom stereocenters. The van der Waals surface area contributed by atoms with Gasteiger partial charge in [-0.1, -0.05) is 0 Å². The van der Waals surface area contributed by atoms with Crippen LogP contribution in [-0.4, -0.2) is 42.2 Å². The number of aliphatic hydroxyl groups is 3. The van der Waals surface area contributed by atoms with Crippen LogP contribution in [0.1, 0.15) is 23.7 Å². The van der Waals surface area contributed by atoms with Gasteiger partial charge in [0.1, 0.15) is 17.6 Å². The van der Waals surface area contributed by atoms with Gasteiger partial charge in [-0.2, -0.15) is 0 Å². The summed E-state index contributed by atoms with van der Waals surface area (Å²) in [6, 6.07) is 3.19. The second-order valence-electron chi connectivity index (χ2n) is 4.16. The van der Waals surface area contributed by atoms with Gasteiger partial charge in [-0.25, -0.2) is 0 Å². The van der Waals surface area contributed by atoms with Gasteiger partial charge >= 0.3 is 0 Å². The zero-order chi connectivity index (χ0) is 14.4. The highest BCUT2D eigenvalue weighted by Crippen LogP contribution is 2.37. The minimum absolute atomic E-state index is 0.172. The summed E-state index contributed by atoms with van der Waals surface area (Å²) in [7, 11) is 2.89. The molecule has 1 rings (SSSR count). The Kier molecular flexibility index (Phi) is 6.04. The number of nitrogens with two attached hydrogens (primary N) is 1. The van der Waals surface area contributed by atoms with Crippen LogP contribution >= 0.6 is 0 Å². The molecule has 108 valence electrons. The molecule has 0 aliphatic heterocycles. The topological polar surface area (TPSA) is 105 Å². The summed E-state index contributed by atoms with van der Waals surface area (Å²) < 4.78 is 10.4. The van der Waals surface area contributed by atoms with Crippen LogP contribution in [0.3, 0.4) is 0 Å². The number of rotatable bonds is 7. The zero-order valence-electron chi connectivity index (χ0n) is 11.2. The maximum atomic E-state index is 10.2. The van der Waals surface area contributed by atoms with Crippen molar-refractivity contribution in [2.45, 2.75) is 25.2 Å². The lowest BCUT2D eigenvalue weighted by atomic mass is 9.98. The monoisotopic (exact) mass is 271 g/mol. The first-order valence-corrected chi connectivity index (χ1v) is 6.00. The average molecular weight is 271 g/mol. The molecule has 6 heteroatoms. The first-order valence-electron chi connectivity index (χ1n) is 6.00. The van der Waals surface area contributed by atoms with Crippen LogP contribution in [0, 0.1) is 0 Å². The van der Waals surface area contributed by atoms with Gasteiger partial charge in [0.25, 0.3) is 0 Å². The van der Waals surface area contributed by atoms with Crippen molar-refractivity contribution >= 4 is 0 Å². The van der Waals surface area contributed by atoms with Gasteiger partial charge in [-0.15, -0.1) is 0 Å². The number of hydrogen-bond donors (Lipinski definition) is 4. The smallest absolute Gasteiger partial charge is 0.128 e. The van der Waals surface area contributed by atoms with E-state index in [4.69, 9.17) is 20.3 Å². The number of aliphatic hydroxyl groups excluding tert-OH is 3. The second-order valence-corrected chi connectivity index (χ2v) is 4.16. The van der Waals surface area contributed by atoms with Crippen LogP contribution < -0.4 is 15.2 Å². The number of hydrogen-bond acceptors (Lipinski definition) is 6. The summed E-state index contributed by atoms with van der Waals surface area (Å²) in [4.78, 5) is 0. The van der Waals surface area contributed by atoms with E-state index in [1.165, 1.54) is 14.2 Å². The molecule has 0 saturated carbocycles. The van der Waals surface area contributed by atoms with Crippen molar-refractivity contribution < 1.29 is 24.8 Å². The minimum atomic E-state index is -1.17. The Bertz CT molecular complexity index is 385. The molecule has 6 nitrogen and oxygen atoms in total. The molecule has 19 heavy (non-hydrogen) atoms. The van der Waals surface area contributed by atoms with Crippen LogP contribution in [0.5, 0.6) is 11.5 Å². The maximum absolute atomic E-state index is 10.2. The Balaban J connectivity index is 3.23. The molecular formula is C13H21NO5. The fraction of sp³-hybridized carbons (Fsp3) is 0.538. The molecule has 0 radical (unpaired) electrons. The fourth-order valence-electron chi connectivity index (χ4n) is 1.90. The summed E-state index contributed by atoms with van der Waals surface area (Å²) in [5, 5.41) is 29.2. The molecule has 0 fully saturated rings. The summed E-state index contributed by atoms with van der Waals surface area (Å²) in [6.45, 7) is 0.0893. The normalized spacial score (nSPS) is 14.0. The van der Waals surface area contributed by atoms with Crippen LogP contribution in [0.15, 0.2) is 12.1 Å². The van der Waals surface area contributed by atoms with E-state index in [-0.39, 0.29) is 19.6 Å². The van der Waals surface area contributed by atoms with E-state index in [1.54, 1.807) is 12.1 Å². The highest BCUT2D eigenvalue weighted by molar-refractivity contribution is 5.49. The third kappa shape index (κ3) is 3.57. The van der Waals surface area contributed by atoms with Gasteiger partial charge < -0.3 is 30.5 Å². The van der Waals surface area contributed by atoms with E-state index in [0.717, 1.165) is 0 Å². The van der Waals surface area contributed by atoms with Crippen molar-refractivity contribution in [3.8, 4) is 11.5 Å². The molecule has 2 unspecified atom stereocenters. The van der Waals surface area contributed by atoms with E-state index in [0.29, 0.717) is 22.6 Å². The summed E-state index contributed by atoms with van der Waals surface area (Å²) in [6.07, 6.45) is -1.91. The van der Waals surface area contributed by atoms with Crippen molar-refractivity contribution in [1.29, 1.82) is 0 Å². The van der Waals surface area contributed by atoms with Gasteiger partial charge in [-0.3, -0.25) is 0 Å². The second kappa shape index (κ2) is 7.30. The zero-order valence-corrected chi connectivity index (χ0v) is 11.2. The molecule has 0 heterocycles. The summed E-state index contributed by atoms with van der Waals surface area (Å²) in [5.74, 6) is 0.707. The lowest BCUT2D eigenvalue weighted by Gasteiger charge is -2.22. The lowest BCUT2D eigenvalue weighted by molar-refractivity contribution is 0.0123. The lowest BCUT2D eigenvalue weighted by Crippen LogP contribution is -2.22. The van der Waals surface area contributed by atoms with Crippen molar-refractivity contribution in [2.24, 2.45) is 5.73 Å². The van der Waals surface area contributed by atoms with E-state index in [1.807, 2.05) is 0 Å². The van der Waals surface area contributed by atoms with Crippen molar-refractivity contribution in [3.63, 3.8) is 0 Å². The van der Waals surface area contributed by atoms with Crippen molar-refractivity contribution in [1.82, 2.24) is 0 Å². The molecular weight excluding hydrogens is 250 g/mol. The van der Waals surface area contributed by atoms with E-state index >= 15 is 0 Å². The first kappa shape index (κ1) is 15.7. The summed E-state index contributed by atoms with van der Waals surface area (Å²) in [5.41, 5.74) is 6.31. The predicted molar refractivity (Wildman–Crippen MR) is 70.1 cm³/mol. The first-order chi connectivity index (χ1) is 9.08. The molecule has 0 saturated heterocycles. The highest BCUT2D eigenvalue weighted by atomic mass is 16.5. The Morgan fingerprint density at radius 2 is 1.68 bits per heavy atom. The highest BCUT2D eigenvalue weighted by Gasteiger charge is 2.25. The van der Waals surface area contributed by atoms with Gasteiger partial charge in [0.2, 0.25) is 0 Å². The Morgan fingerprint density at radius 3 is 2.05 bits per heavy atom. The SMILES string of the molecule is COc1cc(CO)cc(OC)c1C(O)C(O)CCN. The van der Waals surface area contributed by atoms with Crippen LogP contribution in [0.2, 0.25) is 0 Å². The average Bonchev–Trinajstić information content (AvgIpc) is 2.44. The van der Waals surface area contributed by atoms with Gasteiger partial charge in [-0.05, 0) is 30.7 Å². The van der Waals surface area contributed by atoms with Crippen molar-refractivity contribution in [2.75, 3.05) is 20.8 Å². The van der Waals surface area contributed by atoms with Crippen LogP contribution in [-0.2, 0) is 6.61 Å². The predicted octanol–water partition coefficient (Wildman–Crippen LogP) is -0.0608. The molecule has 5 N–H and O–H groups in total. The van der Waals surface area contributed by atoms with Crippen molar-refractivity contribution in [3.05, 3.63) is 23.3 Å². The van der Waals surface area contributed by atoms with Gasteiger partial charge in [0, 0.05) is 0 Å². The van der Waals surface area contributed by atoms with E-state index < -0.39 is 12.2 Å². The van der Waals surface area contributed by atoms with Gasteiger partial charge in [0.15, 0.2) is 0 Å². The quantitative estimate of drug-likeness (QED) is 0.554. The standard InChI is InChI=1S/C13H21NO5/c1-18-10-5-8(7-15)6-11(19-2)12(10)13(17)9(16)3-4-14/h5-6,9,13,15-17H,3-4,7,14H2,1-2H3. The molecule has 1 aromatic carbocycles. The maximum Gasteiger partial charge on any atom is 0.128 e. The molecule has 0 aromatic heterocycles. The Morgan fingerprint density at radius 1 is 1.16 bits per heavy atom. The minimum Gasteiger partial charge on any atom is -0.496 e. The third-order valence-corrected chi connectivity index (χ3v) is 2.91. The number of ether oxygens (including phenoxy) is 2. The van der Waals surface area contributed by atoms with Crippen LogP contribution in [0.4, 0.5) is 0 Å². The summed E-state index contributed by atoms with van der Waals surface area (Å²) >= 11 is 0.